The van der Waals surface area contributed by atoms with E-state index in [2.05, 4.69) is 25.1 Å². The van der Waals surface area contributed by atoms with E-state index in [0.29, 0.717) is 39.1 Å². The van der Waals surface area contributed by atoms with Crippen LogP contribution in [0.3, 0.4) is 0 Å². The number of piperazine rings is 1. The van der Waals surface area contributed by atoms with Crippen molar-refractivity contribution in [2.45, 2.75) is 26.2 Å². The summed E-state index contributed by atoms with van der Waals surface area (Å²) in [6, 6.07) is 1.83. The number of ether oxygens (including phenoxy) is 1. The number of nitrogens with one attached hydrogen (secondary N) is 1. The summed E-state index contributed by atoms with van der Waals surface area (Å²) in [5.74, 6) is 0.906. The second kappa shape index (κ2) is 10.9. The molecule has 9 heteroatoms. The Balaban J connectivity index is 1.27. The van der Waals surface area contributed by atoms with Crippen molar-refractivity contribution in [2.24, 2.45) is 5.92 Å². The zero-order chi connectivity index (χ0) is 20.5. The van der Waals surface area contributed by atoms with Crippen molar-refractivity contribution in [2.75, 3.05) is 63.9 Å². The zero-order valence-corrected chi connectivity index (χ0v) is 17.3. The lowest BCUT2D eigenvalue weighted by Gasteiger charge is -2.34. The topological polar surface area (TPSA) is 90.9 Å². The van der Waals surface area contributed by atoms with Crippen molar-refractivity contribution in [3.8, 4) is 0 Å². The van der Waals surface area contributed by atoms with Gasteiger partial charge in [0.2, 0.25) is 11.9 Å². The lowest BCUT2D eigenvalue weighted by molar-refractivity contribution is -0.126. The minimum absolute atomic E-state index is 0.00454. The second-order valence-electron chi connectivity index (χ2n) is 7.48. The summed E-state index contributed by atoms with van der Waals surface area (Å²) in [7, 11) is 0. The van der Waals surface area contributed by atoms with E-state index in [1.165, 1.54) is 0 Å². The number of likely N-dealkylation sites (tertiary alicyclic amines) is 1. The third kappa shape index (κ3) is 6.28. The predicted molar refractivity (Wildman–Crippen MR) is 110 cm³/mol. The summed E-state index contributed by atoms with van der Waals surface area (Å²) in [6.07, 6.45) is 5.62. The number of piperidine rings is 1. The normalized spacial score (nSPS) is 18.5. The van der Waals surface area contributed by atoms with Crippen LogP contribution in [0.25, 0.3) is 0 Å². The van der Waals surface area contributed by atoms with Gasteiger partial charge in [-0.05, 0) is 38.8 Å². The molecule has 0 radical (unpaired) electrons. The molecule has 2 amide bonds. The molecular weight excluding hydrogens is 372 g/mol. The highest BCUT2D eigenvalue weighted by molar-refractivity contribution is 5.79. The largest absolute Gasteiger partial charge is 0.450 e. The Morgan fingerprint density at radius 2 is 1.79 bits per heavy atom. The maximum atomic E-state index is 12.4. The van der Waals surface area contributed by atoms with Gasteiger partial charge in [0.25, 0.3) is 0 Å². The summed E-state index contributed by atoms with van der Waals surface area (Å²) in [4.78, 5) is 39.0. The molecule has 29 heavy (non-hydrogen) atoms. The van der Waals surface area contributed by atoms with Crippen LogP contribution in [-0.4, -0.2) is 90.7 Å². The molecule has 0 saturated carbocycles. The van der Waals surface area contributed by atoms with E-state index in [-0.39, 0.29) is 17.9 Å². The van der Waals surface area contributed by atoms with Crippen LogP contribution in [-0.2, 0) is 9.53 Å². The fourth-order valence-electron chi connectivity index (χ4n) is 3.82. The van der Waals surface area contributed by atoms with Gasteiger partial charge in [-0.3, -0.25) is 9.69 Å². The molecule has 0 atom stereocenters. The molecule has 0 bridgehead atoms. The van der Waals surface area contributed by atoms with Crippen LogP contribution < -0.4 is 10.2 Å². The van der Waals surface area contributed by atoms with Gasteiger partial charge in [0.15, 0.2) is 0 Å². The third-order valence-corrected chi connectivity index (χ3v) is 5.55. The number of amides is 2. The number of hydrogen-bond donors (Lipinski definition) is 1. The first-order valence-corrected chi connectivity index (χ1v) is 10.6. The molecule has 1 N–H and O–H groups in total. The minimum Gasteiger partial charge on any atom is -0.450 e. The highest BCUT2D eigenvalue weighted by Crippen LogP contribution is 2.18. The van der Waals surface area contributed by atoms with E-state index < -0.39 is 0 Å². The van der Waals surface area contributed by atoms with Gasteiger partial charge in [0.1, 0.15) is 0 Å². The van der Waals surface area contributed by atoms with Crippen LogP contribution in [0, 0.1) is 5.92 Å². The van der Waals surface area contributed by atoms with Gasteiger partial charge in [-0.1, -0.05) is 0 Å². The average molecular weight is 405 g/mol. The van der Waals surface area contributed by atoms with Crippen LogP contribution in [0.2, 0.25) is 0 Å². The van der Waals surface area contributed by atoms with Gasteiger partial charge in [0.05, 0.1) is 6.61 Å². The summed E-state index contributed by atoms with van der Waals surface area (Å²) in [5.41, 5.74) is 0. The number of hydrogen-bond acceptors (Lipinski definition) is 7. The smallest absolute Gasteiger partial charge is 0.409 e. The van der Waals surface area contributed by atoms with Crippen molar-refractivity contribution in [3.05, 3.63) is 18.5 Å². The summed E-state index contributed by atoms with van der Waals surface area (Å²) in [5, 5.41) is 3.07. The van der Waals surface area contributed by atoms with Crippen LogP contribution in [0.4, 0.5) is 10.7 Å². The minimum atomic E-state index is -0.273. The van der Waals surface area contributed by atoms with Crippen molar-refractivity contribution in [1.29, 1.82) is 0 Å². The average Bonchev–Trinajstić information content (AvgIpc) is 2.78. The Kier molecular flexibility index (Phi) is 8.03. The van der Waals surface area contributed by atoms with E-state index in [1.54, 1.807) is 24.2 Å². The maximum Gasteiger partial charge on any atom is 0.409 e. The molecule has 3 rings (SSSR count). The Morgan fingerprint density at radius 1 is 1.10 bits per heavy atom. The Labute approximate surface area is 172 Å². The van der Waals surface area contributed by atoms with Crippen molar-refractivity contribution in [3.63, 3.8) is 0 Å². The molecule has 0 aromatic carbocycles. The molecule has 2 fully saturated rings. The van der Waals surface area contributed by atoms with E-state index in [0.717, 1.165) is 45.1 Å². The quantitative estimate of drug-likeness (QED) is 0.677. The van der Waals surface area contributed by atoms with Gasteiger partial charge in [0, 0.05) is 64.1 Å². The molecule has 160 valence electrons. The molecule has 0 unspecified atom stereocenters. The van der Waals surface area contributed by atoms with Crippen molar-refractivity contribution < 1.29 is 14.3 Å². The number of nitrogens with zero attached hydrogens (tertiary/aromatic N) is 5. The number of carbonyl (C=O) groups excluding carboxylic acids is 2. The van der Waals surface area contributed by atoms with Crippen LogP contribution in [0.5, 0.6) is 0 Å². The predicted octanol–water partition coefficient (Wildman–Crippen LogP) is 0.973. The summed E-state index contributed by atoms with van der Waals surface area (Å²) >= 11 is 0. The van der Waals surface area contributed by atoms with Gasteiger partial charge in [-0.25, -0.2) is 14.8 Å². The maximum absolute atomic E-state index is 12.4. The lowest BCUT2D eigenvalue weighted by Crippen LogP contribution is -2.47. The molecule has 0 aliphatic carbocycles. The highest BCUT2D eigenvalue weighted by atomic mass is 16.6. The van der Waals surface area contributed by atoms with Gasteiger partial charge >= 0.3 is 6.09 Å². The molecule has 3 heterocycles. The molecule has 9 nitrogen and oxygen atoms in total. The van der Waals surface area contributed by atoms with Gasteiger partial charge < -0.3 is 19.9 Å². The monoisotopic (exact) mass is 404 g/mol. The third-order valence-electron chi connectivity index (χ3n) is 5.55. The Morgan fingerprint density at radius 3 is 2.45 bits per heavy atom. The van der Waals surface area contributed by atoms with Crippen LogP contribution >= 0.6 is 0 Å². The first kappa shape index (κ1) is 21.3. The number of anilines is 1. The zero-order valence-electron chi connectivity index (χ0n) is 17.3. The van der Waals surface area contributed by atoms with Crippen molar-refractivity contribution >= 4 is 17.9 Å². The standard InChI is InChI=1S/C20H32N6O3/c1-2-29-20(28)26-11-5-17(6-12-26)18(27)21-9-4-10-24-13-15-25(16-14-24)19-22-7-3-8-23-19/h3,7-8,17H,2,4-6,9-16H2,1H3,(H,21,27). The number of rotatable bonds is 7. The molecule has 0 spiro atoms. The van der Waals surface area contributed by atoms with Crippen LogP contribution in [0.1, 0.15) is 26.2 Å². The number of aromatic nitrogens is 2. The van der Waals surface area contributed by atoms with Crippen molar-refractivity contribution in [1.82, 2.24) is 25.1 Å². The van der Waals surface area contributed by atoms with E-state index in [9.17, 15) is 9.59 Å². The van der Waals surface area contributed by atoms with Gasteiger partial charge in [-0.2, -0.15) is 0 Å². The highest BCUT2D eigenvalue weighted by Gasteiger charge is 2.27. The fourth-order valence-corrected chi connectivity index (χ4v) is 3.82. The number of carbonyl (C=O) groups is 2. The molecule has 2 saturated heterocycles. The Bertz CT molecular complexity index is 643. The molecule has 2 aliphatic rings. The molecular formula is C20H32N6O3. The van der Waals surface area contributed by atoms with Crippen LogP contribution in [0.15, 0.2) is 18.5 Å². The van der Waals surface area contributed by atoms with E-state index in [4.69, 9.17) is 4.74 Å². The fraction of sp³-hybridized carbons (Fsp3) is 0.700. The van der Waals surface area contributed by atoms with E-state index >= 15 is 0 Å². The SMILES string of the molecule is CCOC(=O)N1CCC(C(=O)NCCCN2CCN(c3ncccn3)CC2)CC1. The molecule has 2 aliphatic heterocycles. The lowest BCUT2D eigenvalue weighted by atomic mass is 9.96. The molecule has 1 aromatic heterocycles. The first-order chi connectivity index (χ1) is 14.2. The molecule has 1 aromatic rings. The first-order valence-electron chi connectivity index (χ1n) is 10.6. The van der Waals surface area contributed by atoms with E-state index in [1.807, 2.05) is 6.07 Å². The summed E-state index contributed by atoms with van der Waals surface area (Å²) in [6.45, 7) is 8.86. The summed E-state index contributed by atoms with van der Waals surface area (Å²) < 4.78 is 5.02. The Hall–Kier alpha value is -2.42. The second-order valence-corrected chi connectivity index (χ2v) is 7.48. The van der Waals surface area contributed by atoms with Gasteiger partial charge in [-0.15, -0.1) is 0 Å².